The Morgan fingerprint density at radius 1 is 0.929 bits per heavy atom. The molecule has 1 amide bonds. The monoisotopic (exact) mass is 373 g/mol. The van der Waals surface area contributed by atoms with Gasteiger partial charge in [-0.25, -0.2) is 0 Å². The maximum atomic E-state index is 12.7. The molecule has 1 saturated heterocycles. The summed E-state index contributed by atoms with van der Waals surface area (Å²) in [4.78, 5) is 14.6. The molecule has 1 fully saturated rings. The summed E-state index contributed by atoms with van der Waals surface area (Å²) in [7, 11) is 0. The van der Waals surface area contributed by atoms with Crippen molar-refractivity contribution in [2.45, 2.75) is 19.8 Å². The molecule has 28 heavy (non-hydrogen) atoms. The van der Waals surface area contributed by atoms with E-state index in [4.69, 9.17) is 4.74 Å². The number of carbonyl (C=O) groups is 1. The van der Waals surface area contributed by atoms with Gasteiger partial charge in [0.15, 0.2) is 0 Å². The second kappa shape index (κ2) is 8.21. The number of benzene rings is 2. The van der Waals surface area contributed by atoms with Gasteiger partial charge in [0.2, 0.25) is 5.88 Å². The molecular formula is C23H23N3O2. The van der Waals surface area contributed by atoms with E-state index in [1.54, 1.807) is 6.07 Å². The summed E-state index contributed by atoms with van der Waals surface area (Å²) in [6, 6.07) is 20.7. The lowest BCUT2D eigenvalue weighted by Gasteiger charge is -2.30. The Balaban J connectivity index is 1.43. The summed E-state index contributed by atoms with van der Waals surface area (Å²) in [5, 5.41) is 8.39. The third-order valence-corrected chi connectivity index (χ3v) is 5.10. The molecule has 0 unspecified atom stereocenters. The zero-order chi connectivity index (χ0) is 19.3. The molecule has 142 valence electrons. The Morgan fingerprint density at radius 3 is 2.29 bits per heavy atom. The lowest BCUT2D eigenvalue weighted by molar-refractivity contribution is 0.0697. The number of para-hydroxylation sites is 1. The first kappa shape index (κ1) is 18.2. The van der Waals surface area contributed by atoms with Gasteiger partial charge in [0.1, 0.15) is 5.75 Å². The van der Waals surface area contributed by atoms with Gasteiger partial charge in [-0.2, -0.15) is 0 Å². The minimum atomic E-state index is 0.108. The first-order valence-corrected chi connectivity index (χ1v) is 9.65. The molecule has 1 aliphatic rings. The van der Waals surface area contributed by atoms with Crippen LogP contribution in [-0.2, 0) is 0 Å². The summed E-state index contributed by atoms with van der Waals surface area (Å²) in [5.41, 5.74) is 2.38. The van der Waals surface area contributed by atoms with E-state index in [2.05, 4.69) is 17.1 Å². The van der Waals surface area contributed by atoms with E-state index in [0.717, 1.165) is 48.5 Å². The van der Waals surface area contributed by atoms with Gasteiger partial charge in [-0.1, -0.05) is 37.3 Å². The molecule has 0 saturated carbocycles. The molecule has 0 N–H and O–H groups in total. The normalized spacial score (nSPS) is 14.7. The van der Waals surface area contributed by atoms with E-state index in [-0.39, 0.29) is 5.91 Å². The second-order valence-corrected chi connectivity index (χ2v) is 7.22. The zero-order valence-electron chi connectivity index (χ0n) is 15.9. The van der Waals surface area contributed by atoms with Gasteiger partial charge < -0.3 is 9.64 Å². The number of amides is 1. The van der Waals surface area contributed by atoms with Crippen molar-refractivity contribution in [2.75, 3.05) is 13.1 Å². The number of nitrogens with zero attached hydrogens (tertiary/aromatic N) is 3. The second-order valence-electron chi connectivity index (χ2n) is 7.22. The van der Waals surface area contributed by atoms with Gasteiger partial charge in [-0.15, -0.1) is 10.2 Å². The van der Waals surface area contributed by atoms with Crippen molar-refractivity contribution in [3.05, 3.63) is 72.3 Å². The predicted molar refractivity (Wildman–Crippen MR) is 108 cm³/mol. The van der Waals surface area contributed by atoms with Crippen LogP contribution >= 0.6 is 0 Å². The molecule has 0 aliphatic carbocycles. The molecule has 0 bridgehead atoms. The highest BCUT2D eigenvalue weighted by molar-refractivity contribution is 5.94. The Morgan fingerprint density at radius 2 is 1.64 bits per heavy atom. The van der Waals surface area contributed by atoms with Crippen LogP contribution < -0.4 is 4.74 Å². The molecule has 2 aromatic carbocycles. The number of carbonyl (C=O) groups excluding carboxylic acids is 1. The Labute approximate surface area is 165 Å². The molecule has 4 rings (SSSR count). The summed E-state index contributed by atoms with van der Waals surface area (Å²) in [5.74, 6) is 1.98. The van der Waals surface area contributed by atoms with Crippen LogP contribution in [0.4, 0.5) is 0 Å². The lowest BCUT2D eigenvalue weighted by atomic mass is 9.98. The number of likely N-dealkylation sites (tertiary alicyclic amines) is 1. The topological polar surface area (TPSA) is 55.3 Å². The largest absolute Gasteiger partial charge is 0.438 e. The van der Waals surface area contributed by atoms with Crippen LogP contribution in [0, 0.1) is 5.92 Å². The summed E-state index contributed by atoms with van der Waals surface area (Å²) in [6.07, 6.45) is 2.16. The molecular weight excluding hydrogens is 350 g/mol. The van der Waals surface area contributed by atoms with E-state index < -0.39 is 0 Å². The highest BCUT2D eigenvalue weighted by Gasteiger charge is 2.21. The standard InChI is InChI=1S/C23H23N3O2/c1-17-13-15-26(16-14-17)23(27)19-9-7-18(8-10-19)21-11-12-22(25-24-21)28-20-5-3-2-4-6-20/h2-12,17H,13-16H2,1H3. The third-order valence-electron chi connectivity index (χ3n) is 5.10. The van der Waals surface area contributed by atoms with Crippen LogP contribution in [0.1, 0.15) is 30.1 Å². The molecule has 0 radical (unpaired) electrons. The Bertz CT molecular complexity index is 916. The van der Waals surface area contributed by atoms with E-state index in [1.165, 1.54) is 0 Å². The average Bonchev–Trinajstić information content (AvgIpc) is 2.75. The zero-order valence-corrected chi connectivity index (χ0v) is 15.9. The highest BCUT2D eigenvalue weighted by Crippen LogP contribution is 2.23. The summed E-state index contributed by atoms with van der Waals surface area (Å²) < 4.78 is 5.67. The fourth-order valence-corrected chi connectivity index (χ4v) is 3.32. The van der Waals surface area contributed by atoms with Gasteiger partial charge >= 0.3 is 0 Å². The van der Waals surface area contributed by atoms with E-state index in [1.807, 2.05) is 65.6 Å². The summed E-state index contributed by atoms with van der Waals surface area (Å²) in [6.45, 7) is 3.93. The maximum Gasteiger partial charge on any atom is 0.253 e. The van der Waals surface area contributed by atoms with Gasteiger partial charge in [0.25, 0.3) is 5.91 Å². The average molecular weight is 373 g/mol. The van der Waals surface area contributed by atoms with Crippen molar-refractivity contribution in [1.82, 2.24) is 15.1 Å². The number of hydrogen-bond acceptors (Lipinski definition) is 4. The molecule has 5 heteroatoms. The first-order chi connectivity index (χ1) is 13.7. The molecule has 3 aromatic rings. The van der Waals surface area contributed by atoms with Gasteiger partial charge in [0.05, 0.1) is 5.69 Å². The van der Waals surface area contributed by atoms with E-state index in [0.29, 0.717) is 11.8 Å². The van der Waals surface area contributed by atoms with Crippen molar-refractivity contribution in [3.63, 3.8) is 0 Å². The van der Waals surface area contributed by atoms with E-state index >= 15 is 0 Å². The molecule has 5 nitrogen and oxygen atoms in total. The van der Waals surface area contributed by atoms with Crippen molar-refractivity contribution in [3.8, 4) is 22.9 Å². The molecule has 1 aromatic heterocycles. The van der Waals surface area contributed by atoms with Crippen molar-refractivity contribution < 1.29 is 9.53 Å². The van der Waals surface area contributed by atoms with Crippen LogP contribution in [0.3, 0.4) is 0 Å². The van der Waals surface area contributed by atoms with Crippen molar-refractivity contribution in [1.29, 1.82) is 0 Å². The van der Waals surface area contributed by atoms with Crippen LogP contribution in [0.2, 0.25) is 0 Å². The van der Waals surface area contributed by atoms with Crippen LogP contribution in [0.25, 0.3) is 11.3 Å². The van der Waals surface area contributed by atoms with E-state index in [9.17, 15) is 4.79 Å². The highest BCUT2D eigenvalue weighted by atomic mass is 16.5. The predicted octanol–water partition coefficient (Wildman–Crippen LogP) is 4.81. The van der Waals surface area contributed by atoms with Crippen LogP contribution in [0.5, 0.6) is 11.6 Å². The number of piperidine rings is 1. The number of ether oxygens (including phenoxy) is 1. The van der Waals surface area contributed by atoms with Gasteiger partial charge in [-0.3, -0.25) is 4.79 Å². The molecule has 1 aliphatic heterocycles. The maximum absolute atomic E-state index is 12.7. The van der Waals surface area contributed by atoms with Crippen LogP contribution in [-0.4, -0.2) is 34.1 Å². The van der Waals surface area contributed by atoms with Gasteiger partial charge in [-0.05, 0) is 49.1 Å². The minimum Gasteiger partial charge on any atom is -0.438 e. The SMILES string of the molecule is CC1CCN(C(=O)c2ccc(-c3ccc(Oc4ccccc4)nn3)cc2)CC1. The molecule has 0 spiro atoms. The van der Waals surface area contributed by atoms with Crippen LogP contribution in [0.15, 0.2) is 66.7 Å². The number of hydrogen-bond donors (Lipinski definition) is 0. The number of rotatable bonds is 4. The smallest absolute Gasteiger partial charge is 0.253 e. The summed E-state index contributed by atoms with van der Waals surface area (Å²) >= 11 is 0. The lowest BCUT2D eigenvalue weighted by Crippen LogP contribution is -2.37. The third kappa shape index (κ3) is 4.19. The molecule has 0 atom stereocenters. The van der Waals surface area contributed by atoms with Crippen molar-refractivity contribution in [2.24, 2.45) is 5.92 Å². The fourth-order valence-electron chi connectivity index (χ4n) is 3.32. The van der Waals surface area contributed by atoms with Gasteiger partial charge in [0, 0.05) is 30.3 Å². The fraction of sp³-hybridized carbons (Fsp3) is 0.261. The van der Waals surface area contributed by atoms with Crippen molar-refractivity contribution >= 4 is 5.91 Å². The quantitative estimate of drug-likeness (QED) is 0.659. The Hall–Kier alpha value is -3.21. The first-order valence-electron chi connectivity index (χ1n) is 9.65. The number of aromatic nitrogens is 2. The Kier molecular flexibility index (Phi) is 5.33. The minimum absolute atomic E-state index is 0.108. The molecule has 2 heterocycles.